The van der Waals surface area contributed by atoms with Gasteiger partial charge < -0.3 is 15.2 Å². The van der Waals surface area contributed by atoms with Crippen LogP contribution in [0.4, 0.5) is 0 Å². The predicted molar refractivity (Wildman–Crippen MR) is 81.3 cm³/mol. The minimum atomic E-state index is -0.579. The number of benzene rings is 2. The molecule has 1 atom stereocenters. The summed E-state index contributed by atoms with van der Waals surface area (Å²) in [6.07, 6.45) is -0.116. The normalized spacial score (nSPS) is 11.7. The van der Waals surface area contributed by atoms with Crippen molar-refractivity contribution < 1.29 is 14.6 Å². The SMILES string of the molecule is COc1ccccc1C(=O)NCCC(O)c1ccccc1. The van der Waals surface area contributed by atoms with Crippen molar-refractivity contribution in [2.24, 2.45) is 0 Å². The maximum absolute atomic E-state index is 12.1. The van der Waals surface area contributed by atoms with Crippen molar-refractivity contribution in [2.45, 2.75) is 12.5 Å². The van der Waals surface area contributed by atoms with Gasteiger partial charge in [0.2, 0.25) is 0 Å². The molecule has 0 aliphatic rings. The summed E-state index contributed by atoms with van der Waals surface area (Å²) in [5, 5.41) is 12.8. The standard InChI is InChI=1S/C17H19NO3/c1-21-16-10-6-5-9-14(16)17(20)18-12-11-15(19)13-7-3-2-4-8-13/h2-10,15,19H,11-12H2,1H3,(H,18,20). The van der Waals surface area contributed by atoms with Crippen LogP contribution in [0.3, 0.4) is 0 Å². The largest absolute Gasteiger partial charge is 0.496 e. The van der Waals surface area contributed by atoms with Crippen LogP contribution in [-0.2, 0) is 0 Å². The molecule has 1 unspecified atom stereocenters. The molecule has 0 aromatic heterocycles. The number of ether oxygens (including phenoxy) is 1. The highest BCUT2D eigenvalue weighted by Crippen LogP contribution is 2.18. The Kier molecular flexibility index (Phi) is 5.35. The third-order valence-electron chi connectivity index (χ3n) is 3.24. The lowest BCUT2D eigenvalue weighted by Gasteiger charge is -2.12. The van der Waals surface area contributed by atoms with E-state index in [2.05, 4.69) is 5.32 Å². The molecule has 0 saturated heterocycles. The molecule has 2 aromatic rings. The Bertz CT molecular complexity index is 584. The number of hydrogen-bond acceptors (Lipinski definition) is 3. The van der Waals surface area contributed by atoms with Crippen LogP contribution in [-0.4, -0.2) is 24.7 Å². The molecule has 2 N–H and O–H groups in total. The fourth-order valence-electron chi connectivity index (χ4n) is 2.09. The number of nitrogens with one attached hydrogen (secondary N) is 1. The summed E-state index contributed by atoms with van der Waals surface area (Å²) in [5.74, 6) is 0.339. The topological polar surface area (TPSA) is 58.6 Å². The van der Waals surface area contributed by atoms with E-state index in [1.165, 1.54) is 7.11 Å². The van der Waals surface area contributed by atoms with Gasteiger partial charge in [-0.25, -0.2) is 0 Å². The second-order valence-corrected chi connectivity index (χ2v) is 4.67. The molecule has 2 aromatic carbocycles. The molecule has 0 bridgehead atoms. The van der Waals surface area contributed by atoms with E-state index in [0.29, 0.717) is 24.3 Å². The second kappa shape index (κ2) is 7.45. The molecule has 0 aliphatic heterocycles. The second-order valence-electron chi connectivity index (χ2n) is 4.67. The summed E-state index contributed by atoms with van der Waals surface area (Å²) in [6, 6.07) is 16.5. The summed E-state index contributed by atoms with van der Waals surface area (Å²) in [4.78, 5) is 12.1. The number of hydrogen-bond donors (Lipinski definition) is 2. The third kappa shape index (κ3) is 4.07. The van der Waals surface area contributed by atoms with Crippen molar-refractivity contribution in [3.8, 4) is 5.75 Å². The Morgan fingerprint density at radius 1 is 1.14 bits per heavy atom. The first kappa shape index (κ1) is 15.1. The lowest BCUT2D eigenvalue weighted by molar-refractivity contribution is 0.0939. The number of carbonyl (C=O) groups is 1. The van der Waals surface area contributed by atoms with Crippen molar-refractivity contribution in [2.75, 3.05) is 13.7 Å². The molecule has 1 amide bonds. The number of para-hydroxylation sites is 1. The van der Waals surface area contributed by atoms with Crippen molar-refractivity contribution in [3.05, 3.63) is 65.7 Å². The Balaban J connectivity index is 1.87. The van der Waals surface area contributed by atoms with Crippen LogP contribution in [0.2, 0.25) is 0 Å². The smallest absolute Gasteiger partial charge is 0.255 e. The van der Waals surface area contributed by atoms with E-state index in [0.717, 1.165) is 5.56 Å². The Labute approximate surface area is 124 Å². The summed E-state index contributed by atoms with van der Waals surface area (Å²) in [7, 11) is 1.53. The number of aliphatic hydroxyl groups excluding tert-OH is 1. The number of rotatable bonds is 6. The van der Waals surface area contributed by atoms with Crippen LogP contribution >= 0.6 is 0 Å². The Hall–Kier alpha value is -2.33. The van der Waals surface area contributed by atoms with Gasteiger partial charge in [0, 0.05) is 6.54 Å². The zero-order chi connectivity index (χ0) is 15.1. The maximum Gasteiger partial charge on any atom is 0.255 e. The van der Waals surface area contributed by atoms with E-state index in [-0.39, 0.29) is 5.91 Å². The van der Waals surface area contributed by atoms with Crippen LogP contribution in [0.15, 0.2) is 54.6 Å². The van der Waals surface area contributed by atoms with Gasteiger partial charge in [-0.05, 0) is 24.1 Å². The Morgan fingerprint density at radius 3 is 2.52 bits per heavy atom. The zero-order valence-corrected chi connectivity index (χ0v) is 12.0. The molecule has 4 nitrogen and oxygen atoms in total. The molecule has 21 heavy (non-hydrogen) atoms. The zero-order valence-electron chi connectivity index (χ0n) is 12.0. The van der Waals surface area contributed by atoms with Gasteiger partial charge in [0.1, 0.15) is 5.75 Å². The minimum absolute atomic E-state index is 0.201. The molecular formula is C17H19NO3. The molecule has 0 aliphatic carbocycles. The minimum Gasteiger partial charge on any atom is -0.496 e. The predicted octanol–water partition coefficient (Wildman–Crippen LogP) is 2.55. The van der Waals surface area contributed by atoms with Crippen molar-refractivity contribution >= 4 is 5.91 Å². The highest BCUT2D eigenvalue weighted by molar-refractivity contribution is 5.96. The van der Waals surface area contributed by atoms with E-state index < -0.39 is 6.10 Å². The van der Waals surface area contributed by atoms with E-state index in [9.17, 15) is 9.90 Å². The van der Waals surface area contributed by atoms with Crippen LogP contribution in [0.5, 0.6) is 5.75 Å². The quantitative estimate of drug-likeness (QED) is 0.857. The number of carbonyl (C=O) groups excluding carboxylic acids is 1. The molecule has 0 fully saturated rings. The van der Waals surface area contributed by atoms with Crippen molar-refractivity contribution in [1.82, 2.24) is 5.32 Å². The van der Waals surface area contributed by atoms with Gasteiger partial charge in [0.25, 0.3) is 5.91 Å². The molecule has 4 heteroatoms. The average Bonchev–Trinajstić information content (AvgIpc) is 2.55. The van der Waals surface area contributed by atoms with Gasteiger partial charge in [0.05, 0.1) is 18.8 Å². The fraction of sp³-hybridized carbons (Fsp3) is 0.235. The van der Waals surface area contributed by atoms with Gasteiger partial charge in [0.15, 0.2) is 0 Å². The number of amides is 1. The van der Waals surface area contributed by atoms with Crippen LogP contribution in [0.25, 0.3) is 0 Å². The van der Waals surface area contributed by atoms with Crippen LogP contribution in [0, 0.1) is 0 Å². The Morgan fingerprint density at radius 2 is 1.81 bits per heavy atom. The average molecular weight is 285 g/mol. The van der Waals surface area contributed by atoms with E-state index >= 15 is 0 Å². The number of aliphatic hydroxyl groups is 1. The summed E-state index contributed by atoms with van der Waals surface area (Å²) in [5.41, 5.74) is 1.35. The molecule has 2 rings (SSSR count). The van der Waals surface area contributed by atoms with Crippen molar-refractivity contribution in [3.63, 3.8) is 0 Å². The van der Waals surface area contributed by atoms with Gasteiger partial charge in [-0.15, -0.1) is 0 Å². The third-order valence-corrected chi connectivity index (χ3v) is 3.24. The molecule has 110 valence electrons. The maximum atomic E-state index is 12.1. The molecule has 0 radical (unpaired) electrons. The lowest BCUT2D eigenvalue weighted by atomic mass is 10.1. The summed E-state index contributed by atoms with van der Waals surface area (Å²) in [6.45, 7) is 0.396. The van der Waals surface area contributed by atoms with Crippen molar-refractivity contribution in [1.29, 1.82) is 0 Å². The first-order chi connectivity index (χ1) is 10.2. The van der Waals surface area contributed by atoms with Crippen LogP contribution in [0.1, 0.15) is 28.4 Å². The molecule has 0 saturated carbocycles. The highest BCUT2D eigenvalue weighted by Gasteiger charge is 2.12. The number of methoxy groups -OCH3 is 1. The van der Waals surface area contributed by atoms with Gasteiger partial charge >= 0.3 is 0 Å². The monoisotopic (exact) mass is 285 g/mol. The van der Waals surface area contributed by atoms with E-state index in [1.54, 1.807) is 18.2 Å². The highest BCUT2D eigenvalue weighted by atomic mass is 16.5. The van der Waals surface area contributed by atoms with Crippen LogP contribution < -0.4 is 10.1 Å². The molecular weight excluding hydrogens is 266 g/mol. The first-order valence-electron chi connectivity index (χ1n) is 6.86. The summed E-state index contributed by atoms with van der Waals surface area (Å²) < 4.78 is 5.15. The first-order valence-corrected chi connectivity index (χ1v) is 6.86. The van der Waals surface area contributed by atoms with Gasteiger partial charge in [-0.3, -0.25) is 4.79 Å². The van der Waals surface area contributed by atoms with Gasteiger partial charge in [-0.2, -0.15) is 0 Å². The molecule has 0 spiro atoms. The van der Waals surface area contributed by atoms with E-state index in [4.69, 9.17) is 4.74 Å². The lowest BCUT2D eigenvalue weighted by Crippen LogP contribution is -2.26. The fourth-order valence-corrected chi connectivity index (χ4v) is 2.09. The molecule has 0 heterocycles. The van der Waals surface area contributed by atoms with Gasteiger partial charge in [-0.1, -0.05) is 42.5 Å². The summed E-state index contributed by atoms with van der Waals surface area (Å²) >= 11 is 0. The van der Waals surface area contributed by atoms with E-state index in [1.807, 2.05) is 36.4 Å².